The number of piperidine rings is 1. The monoisotopic (exact) mass is 394 g/mol. The molecule has 0 aliphatic carbocycles. The van der Waals surface area contributed by atoms with Crippen molar-refractivity contribution in [3.8, 4) is 0 Å². The summed E-state index contributed by atoms with van der Waals surface area (Å²) in [5.74, 6) is -1.23. The zero-order chi connectivity index (χ0) is 18.0. The molecule has 1 aromatic carbocycles. The van der Waals surface area contributed by atoms with Crippen LogP contribution >= 0.6 is 22.9 Å². The van der Waals surface area contributed by atoms with Crippen molar-refractivity contribution in [2.24, 2.45) is 0 Å². The molecule has 10 heteroatoms. The van der Waals surface area contributed by atoms with Gasteiger partial charge in [-0.05, 0) is 42.1 Å². The van der Waals surface area contributed by atoms with Crippen LogP contribution < -0.4 is 5.32 Å². The van der Waals surface area contributed by atoms with E-state index in [4.69, 9.17) is 11.6 Å². The minimum absolute atomic E-state index is 0.240. The summed E-state index contributed by atoms with van der Waals surface area (Å²) < 4.78 is 51.8. The lowest BCUT2D eigenvalue weighted by Crippen LogP contribution is -2.38. The van der Waals surface area contributed by atoms with Crippen LogP contribution in [0.5, 0.6) is 0 Å². The first-order valence-corrected chi connectivity index (χ1v) is 8.84. The Balaban J connectivity index is 1.53. The third-order valence-corrected chi connectivity index (χ3v) is 5.01. The molecular weight excluding hydrogens is 380 g/mol. The second-order valence-corrected chi connectivity index (χ2v) is 7.43. The van der Waals surface area contributed by atoms with Crippen molar-refractivity contribution in [3.05, 3.63) is 39.6 Å². The Hall–Kier alpha value is -1.45. The molecule has 1 fully saturated rings. The molecule has 1 aromatic heterocycles. The Kier molecular flexibility index (Phi) is 5.45. The lowest BCUT2D eigenvalue weighted by Gasteiger charge is -2.32. The first kappa shape index (κ1) is 18.3. The SMILES string of the molecule is Fc1cc(CN2CCC(Nc3nnc(Cl)s3)CC2)ccc1C(F)(F)F. The van der Waals surface area contributed by atoms with E-state index in [0.717, 1.165) is 38.1 Å². The van der Waals surface area contributed by atoms with Crippen molar-refractivity contribution in [1.29, 1.82) is 0 Å². The number of hydrogen-bond donors (Lipinski definition) is 1. The van der Waals surface area contributed by atoms with Crippen molar-refractivity contribution in [2.75, 3.05) is 18.4 Å². The van der Waals surface area contributed by atoms with Crippen LogP contribution in [0.15, 0.2) is 18.2 Å². The van der Waals surface area contributed by atoms with E-state index in [1.807, 2.05) is 0 Å². The van der Waals surface area contributed by atoms with Crippen molar-refractivity contribution in [2.45, 2.75) is 31.6 Å². The molecule has 1 N–H and O–H groups in total. The minimum Gasteiger partial charge on any atom is -0.357 e. The molecule has 4 nitrogen and oxygen atoms in total. The van der Waals surface area contributed by atoms with Crippen molar-refractivity contribution in [3.63, 3.8) is 0 Å². The van der Waals surface area contributed by atoms with E-state index >= 15 is 0 Å². The summed E-state index contributed by atoms with van der Waals surface area (Å²) >= 11 is 7.01. The van der Waals surface area contributed by atoms with Gasteiger partial charge in [-0.1, -0.05) is 17.4 Å². The number of nitrogens with zero attached hydrogens (tertiary/aromatic N) is 3. The quantitative estimate of drug-likeness (QED) is 0.779. The number of benzene rings is 1. The Morgan fingerprint density at radius 3 is 2.52 bits per heavy atom. The summed E-state index contributed by atoms with van der Waals surface area (Å²) in [6.45, 7) is 1.94. The number of rotatable bonds is 4. The Morgan fingerprint density at radius 1 is 1.24 bits per heavy atom. The lowest BCUT2D eigenvalue weighted by atomic mass is 10.0. The second kappa shape index (κ2) is 7.43. The number of likely N-dealkylation sites (tertiary alicyclic amines) is 1. The number of nitrogens with one attached hydrogen (secondary N) is 1. The summed E-state index contributed by atoms with van der Waals surface area (Å²) in [5, 5.41) is 11.6. The minimum atomic E-state index is -4.67. The highest BCUT2D eigenvalue weighted by molar-refractivity contribution is 7.19. The maximum atomic E-state index is 13.6. The third kappa shape index (κ3) is 4.80. The van der Waals surface area contributed by atoms with Gasteiger partial charge >= 0.3 is 6.18 Å². The molecule has 0 bridgehead atoms. The van der Waals surface area contributed by atoms with Crippen molar-refractivity contribution < 1.29 is 17.6 Å². The molecule has 1 aliphatic rings. The smallest absolute Gasteiger partial charge is 0.357 e. The summed E-state index contributed by atoms with van der Waals surface area (Å²) in [5.41, 5.74) is -0.692. The average molecular weight is 395 g/mol. The third-order valence-electron chi connectivity index (χ3n) is 4.06. The molecule has 25 heavy (non-hydrogen) atoms. The zero-order valence-corrected chi connectivity index (χ0v) is 14.6. The maximum absolute atomic E-state index is 13.6. The largest absolute Gasteiger partial charge is 0.419 e. The van der Waals surface area contributed by atoms with E-state index in [-0.39, 0.29) is 6.04 Å². The highest BCUT2D eigenvalue weighted by Crippen LogP contribution is 2.32. The van der Waals surface area contributed by atoms with Gasteiger partial charge in [0.1, 0.15) is 5.82 Å². The van der Waals surface area contributed by atoms with Crippen LogP contribution in [0, 0.1) is 5.82 Å². The predicted molar refractivity (Wildman–Crippen MR) is 88.2 cm³/mol. The lowest BCUT2D eigenvalue weighted by molar-refractivity contribution is -0.140. The van der Waals surface area contributed by atoms with Gasteiger partial charge in [0.2, 0.25) is 9.60 Å². The Labute approximate surface area is 150 Å². The molecule has 3 rings (SSSR count). The molecule has 0 radical (unpaired) electrons. The van der Waals surface area contributed by atoms with Crippen molar-refractivity contribution >= 4 is 28.1 Å². The van der Waals surface area contributed by atoms with Gasteiger partial charge in [0, 0.05) is 25.7 Å². The van der Waals surface area contributed by atoms with Crippen LogP contribution in [0.4, 0.5) is 22.7 Å². The molecule has 2 heterocycles. The number of alkyl halides is 3. The Bertz CT molecular complexity index is 729. The fraction of sp³-hybridized carbons (Fsp3) is 0.467. The van der Waals surface area contributed by atoms with Crippen LogP contribution in [-0.2, 0) is 12.7 Å². The van der Waals surface area contributed by atoms with Gasteiger partial charge in [-0.15, -0.1) is 10.2 Å². The number of halogens is 5. The van der Waals surface area contributed by atoms with E-state index in [0.29, 0.717) is 21.7 Å². The van der Waals surface area contributed by atoms with Crippen LogP contribution in [0.1, 0.15) is 24.0 Å². The van der Waals surface area contributed by atoms with Gasteiger partial charge in [0.25, 0.3) is 0 Å². The molecule has 0 atom stereocenters. The molecule has 1 saturated heterocycles. The normalized spacial score (nSPS) is 17.0. The van der Waals surface area contributed by atoms with Gasteiger partial charge < -0.3 is 5.32 Å². The molecule has 0 unspecified atom stereocenters. The van der Waals surface area contributed by atoms with E-state index in [2.05, 4.69) is 20.4 Å². The molecule has 2 aromatic rings. The summed E-state index contributed by atoms with van der Waals surface area (Å²) in [6.07, 6.45) is -2.97. The molecule has 0 spiro atoms. The van der Waals surface area contributed by atoms with E-state index in [1.54, 1.807) is 0 Å². The summed E-state index contributed by atoms with van der Waals surface area (Å²) in [7, 11) is 0. The summed E-state index contributed by atoms with van der Waals surface area (Å²) in [4.78, 5) is 2.09. The van der Waals surface area contributed by atoms with Gasteiger partial charge in [0.05, 0.1) is 5.56 Å². The molecule has 0 saturated carbocycles. The highest BCUT2D eigenvalue weighted by atomic mass is 35.5. The van der Waals surface area contributed by atoms with Crippen LogP contribution in [0.2, 0.25) is 4.47 Å². The summed E-state index contributed by atoms with van der Waals surface area (Å²) in [6, 6.07) is 3.35. The van der Waals surface area contributed by atoms with Crippen LogP contribution in [0.3, 0.4) is 0 Å². The standard InChI is InChI=1S/C15H15ClF4N4S/c16-13-22-23-14(25-13)21-10-3-5-24(6-4-10)8-9-1-2-11(12(17)7-9)15(18,19)20/h1-2,7,10H,3-6,8H2,(H,21,23). The predicted octanol–water partition coefficient (Wildman–Crippen LogP) is 4.43. The maximum Gasteiger partial charge on any atom is 0.419 e. The van der Waals surface area contributed by atoms with E-state index in [1.165, 1.54) is 17.4 Å². The topological polar surface area (TPSA) is 41.0 Å². The van der Waals surface area contributed by atoms with Gasteiger partial charge in [-0.3, -0.25) is 4.90 Å². The van der Waals surface area contributed by atoms with Gasteiger partial charge in [-0.25, -0.2) is 4.39 Å². The molecule has 0 amide bonds. The van der Waals surface area contributed by atoms with Gasteiger partial charge in [-0.2, -0.15) is 13.2 Å². The van der Waals surface area contributed by atoms with Gasteiger partial charge in [0.15, 0.2) is 0 Å². The van der Waals surface area contributed by atoms with Crippen LogP contribution in [0.25, 0.3) is 0 Å². The van der Waals surface area contributed by atoms with Crippen molar-refractivity contribution in [1.82, 2.24) is 15.1 Å². The fourth-order valence-corrected chi connectivity index (χ4v) is 3.62. The number of anilines is 1. The Morgan fingerprint density at radius 2 is 1.96 bits per heavy atom. The average Bonchev–Trinajstić information content (AvgIpc) is 2.93. The first-order valence-electron chi connectivity index (χ1n) is 7.65. The van der Waals surface area contributed by atoms with Crippen LogP contribution in [-0.4, -0.2) is 34.2 Å². The number of aromatic nitrogens is 2. The molecule has 136 valence electrons. The number of hydrogen-bond acceptors (Lipinski definition) is 5. The first-order chi connectivity index (χ1) is 11.8. The highest BCUT2D eigenvalue weighted by Gasteiger charge is 2.34. The van der Waals surface area contributed by atoms with E-state index < -0.39 is 17.6 Å². The zero-order valence-electron chi connectivity index (χ0n) is 13.0. The molecular formula is C15H15ClF4N4S. The molecule has 1 aliphatic heterocycles. The van der Waals surface area contributed by atoms with E-state index in [9.17, 15) is 17.6 Å². The second-order valence-electron chi connectivity index (χ2n) is 5.87. The fourth-order valence-electron chi connectivity index (χ4n) is 2.82.